The summed E-state index contributed by atoms with van der Waals surface area (Å²) in [4.78, 5) is 31.5. The Kier molecular flexibility index (Phi) is 8.25. The molecule has 1 aliphatic heterocycles. The van der Waals surface area contributed by atoms with Crippen molar-refractivity contribution in [3.8, 4) is 11.5 Å². The van der Waals surface area contributed by atoms with Crippen molar-refractivity contribution in [2.45, 2.75) is 38.8 Å². The van der Waals surface area contributed by atoms with Crippen molar-refractivity contribution in [1.82, 2.24) is 9.80 Å². The van der Waals surface area contributed by atoms with Crippen LogP contribution in [0.5, 0.6) is 11.5 Å². The number of carbonyl (C=O) groups excluding carboxylic acids is 2. The summed E-state index contributed by atoms with van der Waals surface area (Å²) in [5.74, 6) is 0.366. The predicted molar refractivity (Wildman–Crippen MR) is 138 cm³/mol. The molecule has 2 amide bonds. The highest BCUT2D eigenvalue weighted by Gasteiger charge is 2.34. The summed E-state index contributed by atoms with van der Waals surface area (Å²) >= 11 is 1.68. The molecule has 2 aromatic carbocycles. The SMILES string of the molecule is CC[C@@H](C)N(CC(=O)N1CCc2sccc2[C@H]1COc1cccc(OC)c1)C(=O)c1cccc(F)c1. The van der Waals surface area contributed by atoms with Crippen LogP contribution in [-0.2, 0) is 11.2 Å². The van der Waals surface area contributed by atoms with E-state index in [-0.39, 0.29) is 42.6 Å². The minimum absolute atomic E-state index is 0.0838. The molecule has 0 bridgehead atoms. The third kappa shape index (κ3) is 5.70. The summed E-state index contributed by atoms with van der Waals surface area (Å²) in [6.45, 7) is 4.61. The molecule has 0 aliphatic carbocycles. The topological polar surface area (TPSA) is 59.1 Å². The van der Waals surface area contributed by atoms with Gasteiger partial charge in [0, 0.05) is 29.1 Å². The normalized spacial score (nSPS) is 15.7. The average molecular weight is 511 g/mol. The third-order valence-corrected chi connectivity index (χ3v) is 7.62. The van der Waals surface area contributed by atoms with Crippen LogP contribution in [0, 0.1) is 5.82 Å². The van der Waals surface area contributed by atoms with Crippen molar-refractivity contribution in [2.24, 2.45) is 0 Å². The number of fused-ring (bicyclic) bond motifs is 1. The van der Waals surface area contributed by atoms with Gasteiger partial charge in [0.25, 0.3) is 5.91 Å². The van der Waals surface area contributed by atoms with Gasteiger partial charge in [-0.15, -0.1) is 11.3 Å². The molecule has 0 saturated carbocycles. The van der Waals surface area contributed by atoms with E-state index < -0.39 is 5.82 Å². The molecule has 0 N–H and O–H groups in total. The molecule has 0 saturated heterocycles. The van der Waals surface area contributed by atoms with Crippen LogP contribution in [0.25, 0.3) is 0 Å². The van der Waals surface area contributed by atoms with Gasteiger partial charge in [0.15, 0.2) is 0 Å². The van der Waals surface area contributed by atoms with Gasteiger partial charge in [0.2, 0.25) is 5.91 Å². The largest absolute Gasteiger partial charge is 0.497 e. The van der Waals surface area contributed by atoms with E-state index in [9.17, 15) is 14.0 Å². The molecule has 2 atom stereocenters. The van der Waals surface area contributed by atoms with Crippen molar-refractivity contribution in [2.75, 3.05) is 26.8 Å². The zero-order valence-corrected chi connectivity index (χ0v) is 21.6. The first-order valence-electron chi connectivity index (χ1n) is 12.1. The minimum Gasteiger partial charge on any atom is -0.497 e. The Morgan fingerprint density at radius 2 is 1.94 bits per heavy atom. The van der Waals surface area contributed by atoms with E-state index >= 15 is 0 Å². The fourth-order valence-electron chi connectivity index (χ4n) is 4.41. The molecule has 3 aromatic rings. The second-order valence-corrected chi connectivity index (χ2v) is 9.84. The Labute approximate surface area is 215 Å². The number of hydrogen-bond acceptors (Lipinski definition) is 5. The van der Waals surface area contributed by atoms with E-state index in [1.807, 2.05) is 54.5 Å². The van der Waals surface area contributed by atoms with E-state index in [0.29, 0.717) is 24.5 Å². The zero-order chi connectivity index (χ0) is 25.7. The van der Waals surface area contributed by atoms with Crippen LogP contribution in [0.4, 0.5) is 4.39 Å². The number of hydrogen-bond donors (Lipinski definition) is 0. The Balaban J connectivity index is 1.55. The third-order valence-electron chi connectivity index (χ3n) is 6.63. The van der Waals surface area contributed by atoms with Crippen LogP contribution in [0.3, 0.4) is 0 Å². The summed E-state index contributed by atoms with van der Waals surface area (Å²) in [6.07, 6.45) is 1.43. The standard InChI is InChI=1S/C28H31FN2O4S/c1-4-19(2)31(28(33)20-7-5-8-21(29)15-20)17-27(32)30-13-11-26-24(12-14-36-26)25(30)18-35-23-10-6-9-22(16-23)34-3/h5-10,12,14-16,19,25H,4,11,13,17-18H2,1-3H3/t19-,25-/m1/s1. The van der Waals surface area contributed by atoms with Gasteiger partial charge in [-0.1, -0.05) is 19.1 Å². The van der Waals surface area contributed by atoms with Crippen molar-refractivity contribution >= 4 is 23.2 Å². The van der Waals surface area contributed by atoms with E-state index in [2.05, 4.69) is 0 Å². The molecular weight excluding hydrogens is 479 g/mol. The highest BCUT2D eigenvalue weighted by Crippen LogP contribution is 2.34. The van der Waals surface area contributed by atoms with Gasteiger partial charge in [-0.3, -0.25) is 9.59 Å². The van der Waals surface area contributed by atoms with Gasteiger partial charge in [-0.05, 0) is 67.1 Å². The van der Waals surface area contributed by atoms with E-state index in [0.717, 1.165) is 12.0 Å². The summed E-state index contributed by atoms with van der Waals surface area (Å²) in [5, 5.41) is 2.04. The first-order valence-corrected chi connectivity index (χ1v) is 13.0. The first kappa shape index (κ1) is 25.7. The lowest BCUT2D eigenvalue weighted by molar-refractivity contribution is -0.136. The van der Waals surface area contributed by atoms with Crippen LogP contribution in [-0.4, -0.2) is 54.5 Å². The Bertz CT molecular complexity index is 1210. The quantitative estimate of drug-likeness (QED) is 0.390. The number of benzene rings is 2. The van der Waals surface area contributed by atoms with Gasteiger partial charge >= 0.3 is 0 Å². The minimum atomic E-state index is -0.480. The van der Waals surface area contributed by atoms with Crippen molar-refractivity contribution < 1.29 is 23.5 Å². The average Bonchev–Trinajstić information content (AvgIpc) is 3.38. The van der Waals surface area contributed by atoms with Crippen LogP contribution < -0.4 is 9.47 Å². The lowest BCUT2D eigenvalue weighted by Crippen LogP contribution is -2.49. The first-order chi connectivity index (χ1) is 17.4. The number of ether oxygens (including phenoxy) is 2. The zero-order valence-electron chi connectivity index (χ0n) is 20.8. The second-order valence-electron chi connectivity index (χ2n) is 8.84. The Hall–Kier alpha value is -3.39. The van der Waals surface area contributed by atoms with E-state index in [1.54, 1.807) is 29.4 Å². The van der Waals surface area contributed by atoms with Crippen LogP contribution >= 0.6 is 11.3 Å². The summed E-state index contributed by atoms with van der Waals surface area (Å²) < 4.78 is 25.2. The van der Waals surface area contributed by atoms with Crippen LogP contribution in [0.2, 0.25) is 0 Å². The summed E-state index contributed by atoms with van der Waals surface area (Å²) in [7, 11) is 1.60. The van der Waals surface area contributed by atoms with Crippen molar-refractivity contribution in [3.63, 3.8) is 0 Å². The molecular formula is C28H31FN2O4S. The number of thiophene rings is 1. The molecule has 6 nitrogen and oxygen atoms in total. The van der Waals surface area contributed by atoms with Gasteiger partial charge < -0.3 is 19.3 Å². The molecule has 0 fully saturated rings. The van der Waals surface area contributed by atoms with E-state index in [1.165, 1.54) is 23.1 Å². The van der Waals surface area contributed by atoms with E-state index in [4.69, 9.17) is 9.47 Å². The van der Waals surface area contributed by atoms with Crippen molar-refractivity contribution in [3.05, 3.63) is 81.8 Å². The Morgan fingerprint density at radius 1 is 1.17 bits per heavy atom. The maximum absolute atomic E-state index is 13.8. The summed E-state index contributed by atoms with van der Waals surface area (Å²) in [6, 6.07) is 14.6. The predicted octanol–water partition coefficient (Wildman–Crippen LogP) is 5.34. The highest BCUT2D eigenvalue weighted by molar-refractivity contribution is 7.10. The molecule has 0 unspecified atom stereocenters. The summed E-state index contributed by atoms with van der Waals surface area (Å²) in [5.41, 5.74) is 1.31. The fraction of sp³-hybridized carbons (Fsp3) is 0.357. The number of rotatable bonds is 9. The number of amides is 2. The lowest BCUT2D eigenvalue weighted by atomic mass is 10.00. The smallest absolute Gasteiger partial charge is 0.254 e. The molecule has 0 spiro atoms. The number of nitrogens with zero attached hydrogens (tertiary/aromatic N) is 2. The maximum Gasteiger partial charge on any atom is 0.254 e. The Morgan fingerprint density at radius 3 is 2.69 bits per heavy atom. The lowest BCUT2D eigenvalue weighted by Gasteiger charge is -2.38. The van der Waals surface area contributed by atoms with Crippen LogP contribution in [0.1, 0.15) is 47.1 Å². The van der Waals surface area contributed by atoms with Crippen molar-refractivity contribution in [1.29, 1.82) is 0 Å². The monoisotopic (exact) mass is 510 g/mol. The molecule has 1 aliphatic rings. The number of halogens is 1. The second kappa shape index (κ2) is 11.6. The molecule has 2 heterocycles. The highest BCUT2D eigenvalue weighted by atomic mass is 32.1. The van der Waals surface area contributed by atoms with Gasteiger partial charge in [0.05, 0.1) is 13.2 Å². The molecule has 4 rings (SSSR count). The molecule has 1 aromatic heterocycles. The van der Waals surface area contributed by atoms with Crippen LogP contribution in [0.15, 0.2) is 60.0 Å². The number of carbonyl (C=O) groups is 2. The molecule has 8 heteroatoms. The molecule has 190 valence electrons. The maximum atomic E-state index is 13.8. The van der Waals surface area contributed by atoms with Gasteiger partial charge in [0.1, 0.15) is 30.5 Å². The molecule has 0 radical (unpaired) electrons. The number of methoxy groups -OCH3 is 1. The van der Waals surface area contributed by atoms with Gasteiger partial charge in [-0.25, -0.2) is 4.39 Å². The fourth-order valence-corrected chi connectivity index (χ4v) is 5.34. The van der Waals surface area contributed by atoms with Gasteiger partial charge in [-0.2, -0.15) is 0 Å². The molecule has 36 heavy (non-hydrogen) atoms.